The minimum atomic E-state index is 0.181. The van der Waals surface area contributed by atoms with Gasteiger partial charge in [0.1, 0.15) is 17.7 Å². The van der Waals surface area contributed by atoms with Crippen LogP contribution in [0, 0.1) is 6.92 Å². The summed E-state index contributed by atoms with van der Waals surface area (Å²) in [6, 6.07) is 12.3. The Morgan fingerprint density at radius 3 is 2.52 bits per heavy atom. The molecule has 0 aliphatic heterocycles. The summed E-state index contributed by atoms with van der Waals surface area (Å²) >= 11 is 0. The van der Waals surface area contributed by atoms with Gasteiger partial charge in [-0.2, -0.15) is 0 Å². The molecule has 2 heterocycles. The lowest BCUT2D eigenvalue weighted by molar-refractivity contribution is 0.474. The molecule has 0 aliphatic rings. The van der Waals surface area contributed by atoms with Gasteiger partial charge in [0.05, 0.1) is 12.3 Å². The first-order chi connectivity index (χ1) is 10.3. The zero-order chi connectivity index (χ0) is 14.7. The van der Waals surface area contributed by atoms with E-state index in [0.717, 1.165) is 29.1 Å². The molecule has 2 aromatic heterocycles. The van der Waals surface area contributed by atoms with Crippen molar-refractivity contribution in [2.24, 2.45) is 0 Å². The van der Waals surface area contributed by atoms with E-state index < -0.39 is 0 Å². The lowest BCUT2D eigenvalue weighted by Crippen LogP contribution is -2.08. The number of hydrogen-bond acceptors (Lipinski definition) is 4. The van der Waals surface area contributed by atoms with Crippen molar-refractivity contribution in [3.05, 3.63) is 60.6 Å². The van der Waals surface area contributed by atoms with Gasteiger partial charge in [-0.25, -0.2) is 4.98 Å². The van der Waals surface area contributed by atoms with E-state index in [9.17, 15) is 0 Å². The topological polar surface area (TPSA) is 51.2 Å². The maximum Gasteiger partial charge on any atom is 0.191 e. The third-order valence-electron chi connectivity index (χ3n) is 3.44. The second-order valence-corrected chi connectivity index (χ2v) is 4.95. The van der Waals surface area contributed by atoms with Crippen molar-refractivity contribution < 1.29 is 8.83 Å². The van der Waals surface area contributed by atoms with Gasteiger partial charge in [0.25, 0.3) is 0 Å². The maximum absolute atomic E-state index is 5.47. The maximum atomic E-state index is 5.47. The average molecular weight is 282 g/mol. The molecule has 4 nitrogen and oxygen atoms in total. The van der Waals surface area contributed by atoms with Crippen LogP contribution in [0.3, 0.4) is 0 Å². The van der Waals surface area contributed by atoms with Gasteiger partial charge in [-0.3, -0.25) is 0 Å². The number of rotatable bonds is 5. The first kappa shape index (κ1) is 13.5. The summed E-state index contributed by atoms with van der Waals surface area (Å²) in [6.07, 6.45) is 4.34. The first-order valence-corrected chi connectivity index (χ1v) is 7.08. The summed E-state index contributed by atoms with van der Waals surface area (Å²) in [4.78, 5) is 4.33. The molecule has 1 aromatic carbocycles. The molecule has 0 saturated heterocycles. The van der Waals surface area contributed by atoms with E-state index in [1.54, 1.807) is 12.5 Å². The molecule has 1 N–H and O–H groups in total. The summed E-state index contributed by atoms with van der Waals surface area (Å²) in [6.45, 7) is 3.97. The largest absolute Gasteiger partial charge is 0.467 e. The zero-order valence-corrected chi connectivity index (χ0v) is 12.2. The van der Waals surface area contributed by atoms with Crippen LogP contribution in [0.25, 0.3) is 11.3 Å². The summed E-state index contributed by atoms with van der Waals surface area (Å²) in [5, 5.41) is 3.48. The Kier molecular flexibility index (Phi) is 3.77. The van der Waals surface area contributed by atoms with Gasteiger partial charge in [-0.05, 0) is 30.7 Å². The fraction of sp³-hybridized carbons (Fsp3) is 0.235. The number of aryl methyl sites for hydroxylation is 1. The Balaban J connectivity index is 1.75. The van der Waals surface area contributed by atoms with Gasteiger partial charge in [0.2, 0.25) is 0 Å². The molecule has 3 rings (SSSR count). The van der Waals surface area contributed by atoms with E-state index >= 15 is 0 Å². The number of benzene rings is 1. The molecule has 0 aliphatic carbocycles. The number of nitrogens with zero attached hydrogens (tertiary/aromatic N) is 1. The molecular weight excluding hydrogens is 264 g/mol. The Labute approximate surface area is 123 Å². The predicted octanol–water partition coefficient (Wildman–Crippen LogP) is 4.81. The lowest BCUT2D eigenvalue weighted by Gasteiger charge is -2.16. The number of furan rings is 1. The molecule has 1 atom stereocenters. The minimum Gasteiger partial charge on any atom is -0.467 e. The fourth-order valence-electron chi connectivity index (χ4n) is 2.30. The van der Waals surface area contributed by atoms with Crippen molar-refractivity contribution in [1.82, 2.24) is 4.98 Å². The van der Waals surface area contributed by atoms with Crippen LogP contribution in [-0.4, -0.2) is 4.98 Å². The van der Waals surface area contributed by atoms with Crippen molar-refractivity contribution >= 4 is 5.69 Å². The van der Waals surface area contributed by atoms with Gasteiger partial charge in [-0.1, -0.05) is 19.1 Å². The van der Waals surface area contributed by atoms with E-state index in [4.69, 9.17) is 8.83 Å². The highest BCUT2D eigenvalue weighted by Gasteiger charge is 2.12. The van der Waals surface area contributed by atoms with E-state index in [-0.39, 0.29) is 6.04 Å². The van der Waals surface area contributed by atoms with Crippen molar-refractivity contribution in [2.75, 3.05) is 5.32 Å². The van der Waals surface area contributed by atoms with Crippen molar-refractivity contribution in [1.29, 1.82) is 0 Å². The summed E-state index contributed by atoms with van der Waals surface area (Å²) < 4.78 is 10.7. The Hall–Kier alpha value is -2.49. The van der Waals surface area contributed by atoms with Gasteiger partial charge < -0.3 is 14.2 Å². The number of aromatic nitrogens is 1. The Morgan fingerprint density at radius 1 is 1.14 bits per heavy atom. The second kappa shape index (κ2) is 5.87. The third kappa shape index (κ3) is 2.99. The summed E-state index contributed by atoms with van der Waals surface area (Å²) in [7, 11) is 0. The number of nitrogens with one attached hydrogen (secondary N) is 1. The number of hydrogen-bond donors (Lipinski definition) is 1. The normalized spacial score (nSPS) is 12.3. The third-order valence-corrected chi connectivity index (χ3v) is 3.44. The van der Waals surface area contributed by atoms with E-state index in [0.29, 0.717) is 5.89 Å². The van der Waals surface area contributed by atoms with Gasteiger partial charge in [0.15, 0.2) is 5.89 Å². The fourth-order valence-corrected chi connectivity index (χ4v) is 2.30. The van der Waals surface area contributed by atoms with Crippen LogP contribution < -0.4 is 5.32 Å². The molecule has 108 valence electrons. The second-order valence-electron chi connectivity index (χ2n) is 4.95. The van der Waals surface area contributed by atoms with Gasteiger partial charge in [-0.15, -0.1) is 0 Å². The Bertz CT molecular complexity index is 684. The molecule has 0 spiro atoms. The van der Waals surface area contributed by atoms with Crippen LogP contribution in [0.2, 0.25) is 0 Å². The molecule has 4 heteroatoms. The highest BCUT2D eigenvalue weighted by atomic mass is 16.3. The van der Waals surface area contributed by atoms with Gasteiger partial charge in [0, 0.05) is 18.2 Å². The molecular formula is C17H18N2O2. The molecule has 21 heavy (non-hydrogen) atoms. The molecule has 0 bridgehead atoms. The molecule has 1 unspecified atom stereocenters. The van der Waals surface area contributed by atoms with E-state index in [2.05, 4.69) is 17.2 Å². The average Bonchev–Trinajstić information content (AvgIpc) is 3.17. The number of oxazole rings is 1. The summed E-state index contributed by atoms with van der Waals surface area (Å²) in [5.74, 6) is 1.63. The van der Waals surface area contributed by atoms with Crippen LogP contribution in [0.15, 0.2) is 57.8 Å². The SMILES string of the molecule is CCC(Nc1ccc(-c2coc(C)n2)cc1)c1ccco1. The van der Waals surface area contributed by atoms with E-state index in [1.807, 2.05) is 43.3 Å². The predicted molar refractivity (Wildman–Crippen MR) is 82.0 cm³/mol. The molecule has 0 saturated carbocycles. The van der Waals surface area contributed by atoms with Crippen LogP contribution >= 0.6 is 0 Å². The van der Waals surface area contributed by atoms with Crippen LogP contribution in [0.5, 0.6) is 0 Å². The smallest absolute Gasteiger partial charge is 0.191 e. The Morgan fingerprint density at radius 2 is 1.95 bits per heavy atom. The van der Waals surface area contributed by atoms with E-state index in [1.165, 1.54) is 0 Å². The monoisotopic (exact) mass is 282 g/mol. The highest BCUT2D eigenvalue weighted by molar-refractivity contribution is 5.62. The van der Waals surface area contributed by atoms with Crippen LogP contribution in [0.1, 0.15) is 31.0 Å². The lowest BCUT2D eigenvalue weighted by atomic mass is 10.1. The molecule has 0 fully saturated rings. The first-order valence-electron chi connectivity index (χ1n) is 7.08. The van der Waals surface area contributed by atoms with Gasteiger partial charge >= 0.3 is 0 Å². The van der Waals surface area contributed by atoms with Crippen molar-refractivity contribution in [2.45, 2.75) is 26.3 Å². The van der Waals surface area contributed by atoms with Crippen LogP contribution in [-0.2, 0) is 0 Å². The van der Waals surface area contributed by atoms with Crippen molar-refractivity contribution in [3.8, 4) is 11.3 Å². The summed E-state index contributed by atoms with van der Waals surface area (Å²) in [5.41, 5.74) is 2.96. The van der Waals surface area contributed by atoms with Crippen LogP contribution in [0.4, 0.5) is 5.69 Å². The highest BCUT2D eigenvalue weighted by Crippen LogP contribution is 2.25. The quantitative estimate of drug-likeness (QED) is 0.729. The zero-order valence-electron chi connectivity index (χ0n) is 12.2. The molecule has 0 amide bonds. The molecule has 3 aromatic rings. The van der Waals surface area contributed by atoms with Crippen molar-refractivity contribution in [3.63, 3.8) is 0 Å². The minimum absolute atomic E-state index is 0.181. The standard InChI is InChI=1S/C17H18N2O2/c1-3-15(17-5-4-10-20-17)19-14-8-6-13(7-9-14)16-11-21-12(2)18-16/h4-11,15,19H,3H2,1-2H3. The number of anilines is 1. The molecule has 0 radical (unpaired) electrons.